The van der Waals surface area contributed by atoms with Crippen LogP contribution in [0.1, 0.15) is 25.3 Å². The van der Waals surface area contributed by atoms with E-state index in [2.05, 4.69) is 24.3 Å². The first-order valence-corrected chi connectivity index (χ1v) is 6.73. The van der Waals surface area contributed by atoms with Gasteiger partial charge in [0, 0.05) is 5.69 Å². The molecule has 1 rings (SSSR count). The first kappa shape index (κ1) is 16.1. The zero-order valence-electron chi connectivity index (χ0n) is 11.5. The molecule has 6 nitrogen and oxygen atoms in total. The lowest BCUT2D eigenvalue weighted by atomic mass is 10.0. The van der Waals surface area contributed by atoms with Gasteiger partial charge in [-0.25, -0.2) is 10.5 Å². The molecule has 20 heavy (non-hydrogen) atoms. The van der Waals surface area contributed by atoms with Gasteiger partial charge in [0.15, 0.2) is 0 Å². The van der Waals surface area contributed by atoms with Gasteiger partial charge in [0.1, 0.15) is 6.54 Å². The van der Waals surface area contributed by atoms with Gasteiger partial charge in [-0.05, 0) is 28.7 Å². The number of rotatable bonds is 4. The molecule has 0 saturated heterocycles. The van der Waals surface area contributed by atoms with E-state index < -0.39 is 12.1 Å². The van der Waals surface area contributed by atoms with E-state index in [9.17, 15) is 9.59 Å². The molecule has 0 atom stereocenters. The number of anilines is 1. The van der Waals surface area contributed by atoms with Gasteiger partial charge in [-0.3, -0.25) is 0 Å². The molecule has 0 aliphatic heterocycles. The molecule has 0 bridgehead atoms. The number of alkyl halides is 1. The Bertz CT molecular complexity index is 512. The third-order valence-corrected chi connectivity index (χ3v) is 2.76. The van der Waals surface area contributed by atoms with E-state index in [0.717, 1.165) is 4.70 Å². The van der Waals surface area contributed by atoms with Crippen LogP contribution in [0, 0.1) is 0 Å². The molecule has 0 saturated carbocycles. The third-order valence-electron chi connectivity index (χ3n) is 2.59. The number of nitrogens with zero attached hydrogens (tertiary/aromatic N) is 2. The van der Waals surface area contributed by atoms with Crippen molar-refractivity contribution in [3.8, 4) is 0 Å². The molecule has 7 heteroatoms. The summed E-state index contributed by atoms with van der Waals surface area (Å²) in [6, 6.07) is 5.90. The van der Waals surface area contributed by atoms with Crippen LogP contribution >= 0.6 is 11.6 Å². The highest BCUT2D eigenvalue weighted by molar-refractivity contribution is 6.18. The Hall–Kier alpha value is -1.95. The van der Waals surface area contributed by atoms with Gasteiger partial charge in [0.2, 0.25) is 0 Å². The van der Waals surface area contributed by atoms with Crippen LogP contribution in [-0.2, 0) is 0 Å². The second-order valence-corrected chi connectivity index (χ2v) is 4.84. The van der Waals surface area contributed by atoms with Crippen LogP contribution in [0.5, 0.6) is 0 Å². The number of carbonyl (C=O) groups excluding carboxylic acids is 2. The average molecular weight is 298 g/mol. The molecular formula is C13H18ClN4O2+. The number of nitrogens with two attached hydrogens (primary N) is 1. The number of primary amides is 1. The van der Waals surface area contributed by atoms with Crippen LogP contribution in [0.25, 0.3) is 0 Å². The van der Waals surface area contributed by atoms with Crippen LogP contribution in [0.2, 0.25) is 0 Å². The van der Waals surface area contributed by atoms with Crippen molar-refractivity contribution >= 4 is 29.4 Å². The molecule has 108 valence electrons. The Balaban J connectivity index is 2.74. The summed E-state index contributed by atoms with van der Waals surface area (Å²) in [6.07, 6.45) is 0. The number of amides is 4. The predicted octanol–water partition coefficient (Wildman–Crippen LogP) is 3.12. The predicted molar refractivity (Wildman–Crippen MR) is 77.4 cm³/mol. The largest absolute Gasteiger partial charge is 0.509 e. The fourth-order valence-electron chi connectivity index (χ4n) is 1.50. The maximum atomic E-state index is 11.7. The number of nitrogens with one attached hydrogen (secondary N) is 1. The van der Waals surface area contributed by atoms with Gasteiger partial charge in [-0.2, -0.15) is 4.79 Å². The van der Waals surface area contributed by atoms with Gasteiger partial charge in [0.05, 0.1) is 5.88 Å². The summed E-state index contributed by atoms with van der Waals surface area (Å²) < 4.78 is 0.824. The highest BCUT2D eigenvalue weighted by Crippen LogP contribution is 2.17. The fourth-order valence-corrected chi connectivity index (χ4v) is 1.66. The van der Waals surface area contributed by atoms with E-state index >= 15 is 0 Å². The van der Waals surface area contributed by atoms with Crippen LogP contribution in [0.4, 0.5) is 15.3 Å². The summed E-state index contributed by atoms with van der Waals surface area (Å²) in [5, 5.41) is 6.10. The van der Waals surface area contributed by atoms with E-state index in [4.69, 9.17) is 17.3 Å². The second-order valence-electron chi connectivity index (χ2n) is 4.46. The Morgan fingerprint density at radius 1 is 1.35 bits per heavy atom. The molecule has 0 aliphatic carbocycles. The minimum atomic E-state index is -0.823. The van der Waals surface area contributed by atoms with Crippen LogP contribution in [-0.4, -0.2) is 29.2 Å². The van der Waals surface area contributed by atoms with E-state index in [1.807, 2.05) is 12.1 Å². The topological polar surface area (TPSA) is 87.6 Å². The normalized spacial score (nSPS) is 11.5. The van der Waals surface area contributed by atoms with Gasteiger partial charge in [-0.15, -0.1) is 11.6 Å². The quantitative estimate of drug-likeness (QED) is 0.508. The summed E-state index contributed by atoms with van der Waals surface area (Å²) in [4.78, 5) is 22.7. The van der Waals surface area contributed by atoms with Crippen molar-refractivity contribution in [3.63, 3.8) is 0 Å². The molecule has 1 aromatic carbocycles. The number of halogens is 1. The SMILES string of the molecule is CC(C)c1ccc(NC(=O)N=[N+](CCCl)C(N)=O)cc1. The van der Waals surface area contributed by atoms with E-state index in [-0.39, 0.29) is 12.4 Å². The molecule has 0 radical (unpaired) electrons. The zero-order valence-corrected chi connectivity index (χ0v) is 12.2. The molecule has 1 aromatic rings. The highest BCUT2D eigenvalue weighted by Gasteiger charge is 2.14. The molecule has 4 amide bonds. The lowest BCUT2D eigenvalue weighted by Crippen LogP contribution is -2.29. The van der Waals surface area contributed by atoms with E-state index in [0.29, 0.717) is 11.6 Å². The molecular weight excluding hydrogens is 280 g/mol. The fraction of sp³-hybridized carbons (Fsp3) is 0.385. The number of azo groups is 2. The van der Waals surface area contributed by atoms with Gasteiger partial charge < -0.3 is 5.32 Å². The van der Waals surface area contributed by atoms with Crippen molar-refractivity contribution in [1.29, 1.82) is 0 Å². The summed E-state index contributed by atoms with van der Waals surface area (Å²) in [7, 11) is 0. The smallest absolute Gasteiger partial charge is 0.303 e. The van der Waals surface area contributed by atoms with Crippen molar-refractivity contribution in [2.45, 2.75) is 19.8 Å². The Morgan fingerprint density at radius 2 is 1.95 bits per heavy atom. The number of hydrogen-bond donors (Lipinski definition) is 2. The maximum absolute atomic E-state index is 11.7. The summed E-state index contributed by atoms with van der Waals surface area (Å²) in [5.41, 5.74) is 6.84. The lowest BCUT2D eigenvalue weighted by molar-refractivity contribution is -0.486. The van der Waals surface area contributed by atoms with Gasteiger partial charge in [0.25, 0.3) is 0 Å². The van der Waals surface area contributed by atoms with E-state index in [1.54, 1.807) is 12.1 Å². The minimum Gasteiger partial charge on any atom is -0.303 e. The van der Waals surface area contributed by atoms with Gasteiger partial charge in [-0.1, -0.05) is 30.7 Å². The van der Waals surface area contributed by atoms with Crippen molar-refractivity contribution in [3.05, 3.63) is 29.8 Å². The molecule has 0 heterocycles. The maximum Gasteiger partial charge on any atom is 0.509 e. The van der Waals surface area contributed by atoms with Crippen molar-refractivity contribution < 1.29 is 14.3 Å². The molecule has 0 fully saturated rings. The minimum absolute atomic E-state index is 0.0800. The molecule has 0 unspecified atom stereocenters. The van der Waals surface area contributed by atoms with Crippen molar-refractivity contribution in [2.24, 2.45) is 10.8 Å². The van der Waals surface area contributed by atoms with Crippen molar-refractivity contribution in [2.75, 3.05) is 17.7 Å². The highest BCUT2D eigenvalue weighted by atomic mass is 35.5. The first-order valence-electron chi connectivity index (χ1n) is 6.19. The number of hydrogen-bond acceptors (Lipinski definition) is 2. The number of carbonyl (C=O) groups is 2. The Kier molecular flexibility index (Phi) is 6.11. The number of urea groups is 2. The Labute approximate surface area is 122 Å². The van der Waals surface area contributed by atoms with Gasteiger partial charge >= 0.3 is 12.1 Å². The molecule has 3 N–H and O–H groups in total. The van der Waals surface area contributed by atoms with Crippen molar-refractivity contribution in [1.82, 2.24) is 0 Å². The lowest BCUT2D eigenvalue weighted by Gasteiger charge is -2.06. The first-order chi connectivity index (χ1) is 9.43. The average Bonchev–Trinajstić information content (AvgIpc) is 2.38. The third kappa shape index (κ3) is 4.97. The Morgan fingerprint density at radius 3 is 2.40 bits per heavy atom. The summed E-state index contributed by atoms with van der Waals surface area (Å²) in [5.74, 6) is 0.557. The molecule has 0 aromatic heterocycles. The van der Waals surface area contributed by atoms with Crippen LogP contribution in [0.3, 0.4) is 0 Å². The second kappa shape index (κ2) is 7.59. The standard InChI is InChI=1S/C13H17ClN4O2/c1-9(2)10-3-5-11(6-4-10)16-13(20)17-18(8-7-14)12(15)19/h3-6,9H,7-8H2,1-2H3,(H2-,15,16,19,20)/p+1. The number of benzene rings is 1. The van der Waals surface area contributed by atoms with Crippen LogP contribution in [0.15, 0.2) is 29.4 Å². The summed E-state index contributed by atoms with van der Waals surface area (Å²) >= 11 is 5.49. The molecule has 0 aliphatic rings. The summed E-state index contributed by atoms with van der Waals surface area (Å²) in [6.45, 7) is 4.25. The molecule has 0 spiro atoms. The van der Waals surface area contributed by atoms with E-state index in [1.165, 1.54) is 5.56 Å². The monoisotopic (exact) mass is 297 g/mol. The zero-order chi connectivity index (χ0) is 15.1. The van der Waals surface area contributed by atoms with Crippen LogP contribution < -0.4 is 11.1 Å².